The summed E-state index contributed by atoms with van der Waals surface area (Å²) in [7, 11) is 5.38. The van der Waals surface area contributed by atoms with Gasteiger partial charge < -0.3 is 20.8 Å². The molecule has 0 saturated carbocycles. The van der Waals surface area contributed by atoms with Crippen molar-refractivity contribution in [2.75, 3.05) is 17.2 Å². The van der Waals surface area contributed by atoms with Crippen molar-refractivity contribution in [3.8, 4) is 0 Å². The molecule has 0 spiro atoms. The van der Waals surface area contributed by atoms with Crippen LogP contribution in [0, 0.1) is 0 Å². The second-order valence-electron chi connectivity index (χ2n) is 7.00. The van der Waals surface area contributed by atoms with Crippen molar-refractivity contribution in [1.29, 1.82) is 0 Å². The van der Waals surface area contributed by atoms with Gasteiger partial charge in [0.2, 0.25) is 11.8 Å². The summed E-state index contributed by atoms with van der Waals surface area (Å²) in [5, 5.41) is 37.1. The Labute approximate surface area is 175 Å². The predicted octanol–water partition coefficient (Wildman–Crippen LogP) is 0.963. The molecule has 3 aromatic heterocycles. The molecule has 0 aliphatic carbocycles. The first kappa shape index (κ1) is 22.5. The van der Waals surface area contributed by atoms with Gasteiger partial charge in [0.1, 0.15) is 22.7 Å². The van der Waals surface area contributed by atoms with Gasteiger partial charge in [-0.2, -0.15) is 38.2 Å². The standard InChI is InChI=1S/C16H19BF3N9O2/c1-4-21-12-9(15(18,19)20)8-22-13(26-12)25-11-7-10(27-28(11)16(17,30)31)14(2,3)29-23-5-6-24-29/h5-8,30-31H,4H2,1-3H3,(H2,21,22,25,26). The first-order valence-corrected chi connectivity index (χ1v) is 9.00. The lowest BCUT2D eigenvalue weighted by Crippen LogP contribution is -2.36. The van der Waals surface area contributed by atoms with E-state index in [1.165, 1.54) is 23.3 Å². The fourth-order valence-corrected chi connectivity index (χ4v) is 2.69. The van der Waals surface area contributed by atoms with E-state index in [-0.39, 0.29) is 24.0 Å². The molecule has 0 atom stereocenters. The van der Waals surface area contributed by atoms with Crippen LogP contribution in [0.25, 0.3) is 0 Å². The minimum atomic E-state index is -4.66. The molecule has 0 unspecified atom stereocenters. The van der Waals surface area contributed by atoms with Gasteiger partial charge >= 0.3 is 6.18 Å². The molecule has 3 aromatic rings. The zero-order valence-corrected chi connectivity index (χ0v) is 16.8. The molecule has 11 nitrogen and oxygen atoms in total. The lowest BCUT2D eigenvalue weighted by molar-refractivity contribution is -0.158. The van der Waals surface area contributed by atoms with Crippen molar-refractivity contribution in [2.24, 2.45) is 0 Å². The molecule has 2 radical (unpaired) electrons. The minimum absolute atomic E-state index is 0.0926. The maximum Gasteiger partial charge on any atom is 0.421 e. The van der Waals surface area contributed by atoms with E-state index in [1.807, 2.05) is 0 Å². The van der Waals surface area contributed by atoms with E-state index in [4.69, 9.17) is 7.85 Å². The maximum atomic E-state index is 13.2. The van der Waals surface area contributed by atoms with E-state index in [1.54, 1.807) is 20.8 Å². The third-order valence-electron chi connectivity index (χ3n) is 4.24. The van der Waals surface area contributed by atoms with Crippen molar-refractivity contribution < 1.29 is 23.4 Å². The summed E-state index contributed by atoms with van der Waals surface area (Å²) in [4.78, 5) is 8.85. The molecule has 164 valence electrons. The minimum Gasteiger partial charge on any atom is -0.370 e. The Morgan fingerprint density at radius 1 is 1.16 bits per heavy atom. The van der Waals surface area contributed by atoms with E-state index in [0.29, 0.717) is 10.9 Å². The van der Waals surface area contributed by atoms with Gasteiger partial charge in [0, 0.05) is 18.8 Å². The van der Waals surface area contributed by atoms with E-state index < -0.39 is 28.9 Å². The average molecular weight is 437 g/mol. The van der Waals surface area contributed by atoms with Crippen LogP contribution in [0.1, 0.15) is 32.0 Å². The van der Waals surface area contributed by atoms with Gasteiger partial charge in [-0.05, 0) is 20.8 Å². The molecule has 0 aromatic carbocycles. The average Bonchev–Trinajstić information content (AvgIpc) is 3.31. The smallest absolute Gasteiger partial charge is 0.370 e. The topological polar surface area (TPSA) is 139 Å². The van der Waals surface area contributed by atoms with Gasteiger partial charge in [-0.3, -0.25) is 0 Å². The third-order valence-corrected chi connectivity index (χ3v) is 4.24. The van der Waals surface area contributed by atoms with Crippen molar-refractivity contribution in [1.82, 2.24) is 34.7 Å². The molecule has 0 bridgehead atoms. The van der Waals surface area contributed by atoms with Crippen LogP contribution in [0.15, 0.2) is 24.7 Å². The molecule has 15 heteroatoms. The van der Waals surface area contributed by atoms with E-state index in [9.17, 15) is 23.4 Å². The molecule has 31 heavy (non-hydrogen) atoms. The van der Waals surface area contributed by atoms with Gasteiger partial charge in [-0.1, -0.05) is 0 Å². The molecular formula is C16H19BF3N9O2. The first-order valence-electron chi connectivity index (χ1n) is 9.00. The SMILES string of the molecule is [B]C(O)(O)n1nc(C(C)(C)n2nccn2)cc1Nc1ncc(C(F)(F)F)c(NCC)n1. The van der Waals surface area contributed by atoms with Crippen LogP contribution in [0.2, 0.25) is 0 Å². The van der Waals surface area contributed by atoms with Crippen molar-refractivity contribution in [3.05, 3.63) is 35.9 Å². The lowest BCUT2D eigenvalue weighted by Gasteiger charge is -2.22. The predicted molar refractivity (Wildman–Crippen MR) is 103 cm³/mol. The number of aliphatic hydroxyl groups is 2. The number of alkyl halides is 3. The summed E-state index contributed by atoms with van der Waals surface area (Å²) < 4.78 is 40.1. The summed E-state index contributed by atoms with van der Waals surface area (Å²) >= 11 is 0. The van der Waals surface area contributed by atoms with Gasteiger partial charge in [0.25, 0.3) is 0 Å². The van der Waals surface area contributed by atoms with Crippen LogP contribution in [0.3, 0.4) is 0 Å². The second-order valence-corrected chi connectivity index (χ2v) is 7.00. The molecule has 4 N–H and O–H groups in total. The Morgan fingerprint density at radius 2 is 1.81 bits per heavy atom. The van der Waals surface area contributed by atoms with E-state index >= 15 is 0 Å². The molecule has 0 aliphatic heterocycles. The Balaban J connectivity index is 2.03. The van der Waals surface area contributed by atoms with Crippen molar-refractivity contribution in [3.63, 3.8) is 0 Å². The summed E-state index contributed by atoms with van der Waals surface area (Å²) in [5.41, 5.74) is -1.72. The van der Waals surface area contributed by atoms with Crippen LogP contribution >= 0.6 is 0 Å². The number of anilines is 3. The molecule has 0 saturated heterocycles. The van der Waals surface area contributed by atoms with Crippen LogP contribution in [-0.4, -0.2) is 59.3 Å². The normalized spacial score (nSPS) is 12.8. The maximum absolute atomic E-state index is 13.2. The van der Waals surface area contributed by atoms with Crippen LogP contribution in [0.5, 0.6) is 0 Å². The number of nitrogens with one attached hydrogen (secondary N) is 2. The quantitative estimate of drug-likeness (QED) is 0.315. The van der Waals surface area contributed by atoms with Crippen molar-refractivity contribution >= 4 is 25.4 Å². The number of nitrogens with zero attached hydrogens (tertiary/aromatic N) is 7. The number of aromatic nitrogens is 7. The first-order chi connectivity index (χ1) is 14.3. The second kappa shape index (κ2) is 7.81. The van der Waals surface area contributed by atoms with Gasteiger partial charge in [0.05, 0.1) is 18.1 Å². The van der Waals surface area contributed by atoms with Crippen molar-refractivity contribution in [2.45, 2.75) is 38.3 Å². The van der Waals surface area contributed by atoms with Gasteiger partial charge in [-0.25, -0.2) is 9.67 Å². The highest BCUT2D eigenvalue weighted by molar-refractivity contribution is 6.11. The third kappa shape index (κ3) is 4.61. The van der Waals surface area contributed by atoms with E-state index in [0.717, 1.165) is 0 Å². The Kier molecular flexibility index (Phi) is 5.67. The largest absolute Gasteiger partial charge is 0.421 e. The Bertz CT molecular complexity index is 1050. The van der Waals surface area contributed by atoms with Gasteiger partial charge in [-0.15, -0.1) is 0 Å². The van der Waals surface area contributed by atoms with Gasteiger partial charge in [0.15, 0.2) is 7.85 Å². The fourth-order valence-electron chi connectivity index (χ4n) is 2.69. The number of hydrogen-bond acceptors (Lipinski definition) is 9. The van der Waals surface area contributed by atoms with Crippen LogP contribution in [0.4, 0.5) is 30.8 Å². The molecule has 3 rings (SSSR count). The zero-order valence-electron chi connectivity index (χ0n) is 16.8. The van der Waals surface area contributed by atoms with Crippen LogP contribution < -0.4 is 10.6 Å². The number of rotatable bonds is 7. The summed E-state index contributed by atoms with van der Waals surface area (Å²) in [6, 6.07) is 1.39. The molecular weight excluding hydrogens is 418 g/mol. The summed E-state index contributed by atoms with van der Waals surface area (Å²) in [6.07, 6.45) is -1.13. The lowest BCUT2D eigenvalue weighted by atomic mass is 10.0. The highest BCUT2D eigenvalue weighted by atomic mass is 19.4. The fraction of sp³-hybridized carbons (Fsp3) is 0.438. The summed E-state index contributed by atoms with van der Waals surface area (Å²) in [6.45, 7) is 5.23. The highest BCUT2D eigenvalue weighted by Gasteiger charge is 2.36. The number of hydrogen-bond donors (Lipinski definition) is 4. The molecule has 0 amide bonds. The monoisotopic (exact) mass is 437 g/mol. The molecule has 0 aliphatic rings. The highest BCUT2D eigenvalue weighted by Crippen LogP contribution is 2.34. The van der Waals surface area contributed by atoms with E-state index in [2.05, 4.69) is 35.9 Å². The number of halogens is 3. The Hall–Kier alpha value is -3.20. The van der Waals surface area contributed by atoms with Crippen LogP contribution in [-0.2, 0) is 17.5 Å². The zero-order chi connectivity index (χ0) is 23.0. The Morgan fingerprint density at radius 3 is 2.35 bits per heavy atom. The summed E-state index contributed by atoms with van der Waals surface area (Å²) in [5.74, 6) is -3.71. The molecule has 0 fully saturated rings. The molecule has 3 heterocycles.